The highest BCUT2D eigenvalue weighted by atomic mass is 16.5. The van der Waals surface area contributed by atoms with Crippen LogP contribution in [0, 0.1) is 0 Å². The maximum absolute atomic E-state index is 5.20. The summed E-state index contributed by atoms with van der Waals surface area (Å²) in [5, 5.41) is 3.62. The summed E-state index contributed by atoms with van der Waals surface area (Å²) in [6.45, 7) is 9.87. The lowest BCUT2D eigenvalue weighted by Crippen LogP contribution is -2.60. The van der Waals surface area contributed by atoms with Crippen LogP contribution < -0.4 is 10.1 Å². The van der Waals surface area contributed by atoms with Crippen molar-refractivity contribution in [3.63, 3.8) is 0 Å². The molecule has 1 N–H and O–H groups in total. The van der Waals surface area contributed by atoms with E-state index in [9.17, 15) is 0 Å². The molecule has 1 fully saturated rings. The summed E-state index contributed by atoms with van der Waals surface area (Å²) in [6.07, 6.45) is 2.99. The van der Waals surface area contributed by atoms with Gasteiger partial charge in [-0.3, -0.25) is 4.90 Å². The average molecular weight is 263 g/mol. The van der Waals surface area contributed by atoms with E-state index in [1.54, 1.807) is 7.11 Å². The Morgan fingerprint density at radius 1 is 1.53 bits per heavy atom. The zero-order valence-electron chi connectivity index (χ0n) is 12.4. The molecule has 0 bridgehead atoms. The number of piperazine rings is 1. The fourth-order valence-electron chi connectivity index (χ4n) is 2.70. The van der Waals surface area contributed by atoms with Gasteiger partial charge in [-0.25, -0.2) is 4.98 Å². The second kappa shape index (κ2) is 5.88. The highest BCUT2D eigenvalue weighted by Gasteiger charge is 2.31. The number of ether oxygens (including phenoxy) is 1. The molecule has 0 aromatic carbocycles. The number of rotatable bonds is 4. The Labute approximate surface area is 116 Å². The molecule has 1 unspecified atom stereocenters. The van der Waals surface area contributed by atoms with Gasteiger partial charge >= 0.3 is 0 Å². The summed E-state index contributed by atoms with van der Waals surface area (Å²) in [4.78, 5) is 6.73. The Hall–Kier alpha value is -1.13. The minimum atomic E-state index is 0.183. The average Bonchev–Trinajstić information content (AvgIpc) is 2.38. The fourth-order valence-corrected chi connectivity index (χ4v) is 2.70. The van der Waals surface area contributed by atoms with Crippen molar-refractivity contribution < 1.29 is 4.74 Å². The minimum Gasteiger partial charge on any atom is -0.481 e. The minimum absolute atomic E-state index is 0.183. The summed E-state index contributed by atoms with van der Waals surface area (Å²) in [5.41, 5.74) is 1.45. The third kappa shape index (κ3) is 3.67. The van der Waals surface area contributed by atoms with Crippen molar-refractivity contribution >= 4 is 0 Å². The Balaban J connectivity index is 2.09. The van der Waals surface area contributed by atoms with E-state index in [0.29, 0.717) is 11.9 Å². The molecule has 1 aromatic heterocycles. The molecular formula is C15H25N3O. The molecular weight excluding hydrogens is 238 g/mol. The van der Waals surface area contributed by atoms with Gasteiger partial charge in [0.2, 0.25) is 5.88 Å². The van der Waals surface area contributed by atoms with Gasteiger partial charge in [-0.2, -0.15) is 0 Å². The van der Waals surface area contributed by atoms with Crippen molar-refractivity contribution in [1.82, 2.24) is 15.2 Å². The predicted octanol–water partition coefficient (Wildman–Crippen LogP) is 2.05. The molecule has 0 radical (unpaired) electrons. The molecule has 1 atom stereocenters. The standard InChI is InChI=1S/C15H25N3O/c1-5-13-9-17-15(2,3)11-18(13)10-12-6-7-16-14(8-12)19-4/h6-8,13,17H,5,9-11H2,1-4H3. The molecule has 1 aromatic rings. The van der Waals surface area contributed by atoms with Crippen molar-refractivity contribution in [2.24, 2.45) is 0 Å². The van der Waals surface area contributed by atoms with E-state index in [0.717, 1.165) is 19.6 Å². The van der Waals surface area contributed by atoms with E-state index < -0.39 is 0 Å². The van der Waals surface area contributed by atoms with Gasteiger partial charge in [-0.05, 0) is 31.9 Å². The normalized spacial score (nSPS) is 23.3. The SMILES string of the molecule is CCC1CNC(C)(C)CN1Cc1ccnc(OC)c1. The van der Waals surface area contributed by atoms with E-state index in [1.807, 2.05) is 12.3 Å². The number of methoxy groups -OCH3 is 1. The van der Waals surface area contributed by atoms with Gasteiger partial charge in [0, 0.05) is 43.5 Å². The van der Waals surface area contributed by atoms with Crippen LogP contribution in [0.4, 0.5) is 0 Å². The van der Waals surface area contributed by atoms with E-state index in [2.05, 4.69) is 42.0 Å². The monoisotopic (exact) mass is 263 g/mol. The molecule has 0 spiro atoms. The quantitative estimate of drug-likeness (QED) is 0.902. The van der Waals surface area contributed by atoms with Gasteiger partial charge in [-0.15, -0.1) is 0 Å². The highest BCUT2D eigenvalue weighted by Crippen LogP contribution is 2.20. The number of aromatic nitrogens is 1. The summed E-state index contributed by atoms with van der Waals surface area (Å²) in [5.74, 6) is 0.694. The summed E-state index contributed by atoms with van der Waals surface area (Å²) >= 11 is 0. The molecule has 0 amide bonds. The van der Waals surface area contributed by atoms with Gasteiger partial charge in [0.1, 0.15) is 0 Å². The van der Waals surface area contributed by atoms with Crippen LogP contribution in [0.15, 0.2) is 18.3 Å². The van der Waals surface area contributed by atoms with Crippen LogP contribution in [-0.2, 0) is 6.54 Å². The smallest absolute Gasteiger partial charge is 0.213 e. The number of nitrogens with one attached hydrogen (secondary N) is 1. The number of pyridine rings is 1. The van der Waals surface area contributed by atoms with E-state index in [-0.39, 0.29) is 5.54 Å². The summed E-state index contributed by atoms with van der Waals surface area (Å²) < 4.78 is 5.20. The largest absolute Gasteiger partial charge is 0.481 e. The van der Waals surface area contributed by atoms with Crippen LogP contribution in [0.2, 0.25) is 0 Å². The molecule has 1 saturated heterocycles. The summed E-state index contributed by atoms with van der Waals surface area (Å²) in [7, 11) is 1.66. The topological polar surface area (TPSA) is 37.4 Å². The van der Waals surface area contributed by atoms with Gasteiger partial charge in [0.05, 0.1) is 7.11 Å². The number of hydrogen-bond donors (Lipinski definition) is 1. The number of hydrogen-bond acceptors (Lipinski definition) is 4. The van der Waals surface area contributed by atoms with Gasteiger partial charge in [0.25, 0.3) is 0 Å². The molecule has 0 aliphatic carbocycles. The maximum Gasteiger partial charge on any atom is 0.213 e. The zero-order valence-corrected chi connectivity index (χ0v) is 12.4. The first-order valence-corrected chi connectivity index (χ1v) is 7.02. The molecule has 2 rings (SSSR count). The Kier molecular flexibility index (Phi) is 4.42. The number of nitrogens with zero attached hydrogens (tertiary/aromatic N) is 2. The first kappa shape index (κ1) is 14.3. The van der Waals surface area contributed by atoms with Gasteiger partial charge in [-0.1, -0.05) is 6.92 Å². The van der Waals surface area contributed by atoms with Crippen LogP contribution >= 0.6 is 0 Å². The molecule has 4 nitrogen and oxygen atoms in total. The molecule has 4 heteroatoms. The van der Waals surface area contributed by atoms with Crippen LogP contribution in [0.3, 0.4) is 0 Å². The lowest BCUT2D eigenvalue weighted by molar-refractivity contribution is 0.0857. The third-order valence-electron chi connectivity index (χ3n) is 3.80. The molecule has 1 aliphatic rings. The van der Waals surface area contributed by atoms with Crippen LogP contribution in [-0.4, -0.2) is 41.7 Å². The Morgan fingerprint density at radius 3 is 3.00 bits per heavy atom. The first-order chi connectivity index (χ1) is 9.04. The van der Waals surface area contributed by atoms with Crippen molar-refractivity contribution in [3.05, 3.63) is 23.9 Å². The second-order valence-corrected chi connectivity index (χ2v) is 5.94. The first-order valence-electron chi connectivity index (χ1n) is 7.02. The molecule has 106 valence electrons. The van der Waals surface area contributed by atoms with Crippen molar-refractivity contribution in [2.45, 2.75) is 45.3 Å². The van der Waals surface area contributed by atoms with Gasteiger partial charge < -0.3 is 10.1 Å². The molecule has 2 heterocycles. The van der Waals surface area contributed by atoms with Crippen molar-refractivity contribution in [1.29, 1.82) is 0 Å². The third-order valence-corrected chi connectivity index (χ3v) is 3.80. The van der Waals surface area contributed by atoms with E-state index in [1.165, 1.54) is 12.0 Å². The summed E-state index contributed by atoms with van der Waals surface area (Å²) in [6, 6.07) is 4.71. The Bertz CT molecular complexity index is 420. The zero-order chi connectivity index (χ0) is 13.9. The van der Waals surface area contributed by atoms with Crippen LogP contribution in [0.5, 0.6) is 5.88 Å². The van der Waals surface area contributed by atoms with Crippen LogP contribution in [0.1, 0.15) is 32.8 Å². The van der Waals surface area contributed by atoms with Crippen molar-refractivity contribution in [2.75, 3.05) is 20.2 Å². The molecule has 19 heavy (non-hydrogen) atoms. The van der Waals surface area contributed by atoms with Gasteiger partial charge in [0.15, 0.2) is 0 Å². The maximum atomic E-state index is 5.20. The second-order valence-electron chi connectivity index (χ2n) is 5.94. The fraction of sp³-hybridized carbons (Fsp3) is 0.667. The Morgan fingerprint density at radius 2 is 2.32 bits per heavy atom. The van der Waals surface area contributed by atoms with E-state index >= 15 is 0 Å². The lowest BCUT2D eigenvalue weighted by Gasteiger charge is -2.44. The predicted molar refractivity (Wildman–Crippen MR) is 77.4 cm³/mol. The van der Waals surface area contributed by atoms with E-state index in [4.69, 9.17) is 4.74 Å². The van der Waals surface area contributed by atoms with Crippen LogP contribution in [0.25, 0.3) is 0 Å². The van der Waals surface area contributed by atoms with Crippen molar-refractivity contribution in [3.8, 4) is 5.88 Å². The highest BCUT2D eigenvalue weighted by molar-refractivity contribution is 5.20. The lowest BCUT2D eigenvalue weighted by atomic mass is 9.97. The molecule has 1 aliphatic heterocycles. The molecule has 0 saturated carbocycles.